The minimum atomic E-state index is 0.536. The maximum absolute atomic E-state index is 5.57. The second-order valence-corrected chi connectivity index (χ2v) is 5.53. The second-order valence-electron chi connectivity index (χ2n) is 5.53. The fourth-order valence-corrected chi connectivity index (χ4v) is 1.81. The Morgan fingerprint density at radius 2 is 2.33 bits per heavy atom. The molecule has 1 aliphatic rings. The summed E-state index contributed by atoms with van der Waals surface area (Å²) in [6, 6.07) is 2.69. The Morgan fingerprint density at radius 3 is 3.06 bits per heavy atom. The number of hydrogen-bond acceptors (Lipinski definition) is 4. The smallest absolute Gasteiger partial charge is 0.162 e. The molecule has 4 heteroatoms. The van der Waals surface area contributed by atoms with Crippen LogP contribution in [0, 0.1) is 5.92 Å². The molecule has 1 saturated carbocycles. The summed E-state index contributed by atoms with van der Waals surface area (Å²) in [5, 5.41) is 7.44. The standard InChI is InChI=1S/C14H24N2O2/c1-11(2)4-3-7-17-10-14-8-13(16-18-14)9-15-12-5-6-12/h8,11-12,15H,3-7,9-10H2,1-2H3. The van der Waals surface area contributed by atoms with Crippen molar-refractivity contribution in [2.45, 2.75) is 58.7 Å². The van der Waals surface area contributed by atoms with Gasteiger partial charge < -0.3 is 14.6 Å². The average molecular weight is 252 g/mol. The minimum Gasteiger partial charge on any atom is -0.373 e. The highest BCUT2D eigenvalue weighted by Gasteiger charge is 2.20. The lowest BCUT2D eigenvalue weighted by Gasteiger charge is -2.04. The molecule has 0 radical (unpaired) electrons. The zero-order valence-corrected chi connectivity index (χ0v) is 11.4. The summed E-state index contributed by atoms with van der Waals surface area (Å²) in [6.45, 7) is 6.61. The van der Waals surface area contributed by atoms with Crippen LogP contribution in [-0.2, 0) is 17.9 Å². The molecule has 18 heavy (non-hydrogen) atoms. The molecule has 1 aromatic rings. The molecule has 0 aliphatic heterocycles. The molecule has 1 aromatic heterocycles. The van der Waals surface area contributed by atoms with Gasteiger partial charge in [0.1, 0.15) is 6.61 Å². The zero-order chi connectivity index (χ0) is 12.8. The highest BCUT2D eigenvalue weighted by atomic mass is 16.5. The van der Waals surface area contributed by atoms with Crippen molar-refractivity contribution in [2.75, 3.05) is 6.61 Å². The summed E-state index contributed by atoms with van der Waals surface area (Å²) in [6.07, 6.45) is 4.92. The van der Waals surface area contributed by atoms with Crippen molar-refractivity contribution in [3.05, 3.63) is 17.5 Å². The molecule has 0 atom stereocenters. The number of nitrogens with zero attached hydrogens (tertiary/aromatic N) is 1. The van der Waals surface area contributed by atoms with Gasteiger partial charge in [-0.1, -0.05) is 19.0 Å². The Bertz CT molecular complexity index is 345. The quantitative estimate of drug-likeness (QED) is 0.686. The lowest BCUT2D eigenvalue weighted by molar-refractivity contribution is 0.0960. The van der Waals surface area contributed by atoms with Gasteiger partial charge in [0.25, 0.3) is 0 Å². The van der Waals surface area contributed by atoms with Crippen LogP contribution in [0.2, 0.25) is 0 Å². The summed E-state index contributed by atoms with van der Waals surface area (Å²) >= 11 is 0. The summed E-state index contributed by atoms with van der Waals surface area (Å²) in [5.74, 6) is 1.58. The lowest BCUT2D eigenvalue weighted by atomic mass is 10.1. The van der Waals surface area contributed by atoms with E-state index in [1.165, 1.54) is 19.3 Å². The lowest BCUT2D eigenvalue weighted by Crippen LogP contribution is -2.15. The molecule has 2 rings (SSSR count). The Morgan fingerprint density at radius 1 is 1.50 bits per heavy atom. The number of aromatic nitrogens is 1. The first-order valence-corrected chi connectivity index (χ1v) is 6.99. The summed E-state index contributed by atoms with van der Waals surface area (Å²) in [5.41, 5.74) is 0.975. The highest BCUT2D eigenvalue weighted by molar-refractivity contribution is 5.04. The SMILES string of the molecule is CC(C)CCCOCc1cc(CNC2CC2)no1. The monoisotopic (exact) mass is 252 g/mol. The van der Waals surface area contributed by atoms with Gasteiger partial charge in [-0.15, -0.1) is 0 Å². The number of rotatable bonds is 9. The predicted molar refractivity (Wildman–Crippen MR) is 70.1 cm³/mol. The van der Waals surface area contributed by atoms with E-state index in [2.05, 4.69) is 24.3 Å². The molecule has 102 valence electrons. The molecule has 1 fully saturated rings. The van der Waals surface area contributed by atoms with E-state index in [1.807, 2.05) is 6.07 Å². The highest BCUT2D eigenvalue weighted by Crippen LogP contribution is 2.19. The maximum Gasteiger partial charge on any atom is 0.162 e. The Balaban J connectivity index is 1.57. The maximum atomic E-state index is 5.57. The average Bonchev–Trinajstić information content (AvgIpc) is 3.06. The Hall–Kier alpha value is -0.870. The van der Waals surface area contributed by atoms with E-state index in [4.69, 9.17) is 9.26 Å². The molecule has 1 N–H and O–H groups in total. The van der Waals surface area contributed by atoms with Crippen molar-refractivity contribution < 1.29 is 9.26 Å². The van der Waals surface area contributed by atoms with Crippen molar-refractivity contribution in [2.24, 2.45) is 5.92 Å². The number of ether oxygens (including phenoxy) is 1. The van der Waals surface area contributed by atoms with Crippen LogP contribution in [0.1, 0.15) is 51.0 Å². The van der Waals surface area contributed by atoms with E-state index in [0.29, 0.717) is 12.6 Å². The van der Waals surface area contributed by atoms with Crippen LogP contribution in [-0.4, -0.2) is 17.8 Å². The van der Waals surface area contributed by atoms with E-state index >= 15 is 0 Å². The van der Waals surface area contributed by atoms with E-state index in [9.17, 15) is 0 Å². The van der Waals surface area contributed by atoms with Gasteiger partial charge in [0, 0.05) is 25.3 Å². The third-order valence-corrected chi connectivity index (χ3v) is 3.07. The Labute approximate surface area is 109 Å². The van der Waals surface area contributed by atoms with Gasteiger partial charge in [-0.2, -0.15) is 0 Å². The summed E-state index contributed by atoms with van der Waals surface area (Å²) in [7, 11) is 0. The van der Waals surface area contributed by atoms with Gasteiger partial charge in [-0.3, -0.25) is 0 Å². The van der Waals surface area contributed by atoms with Crippen molar-refractivity contribution in [1.82, 2.24) is 10.5 Å². The molecule has 0 unspecified atom stereocenters. The molecule has 1 heterocycles. The largest absolute Gasteiger partial charge is 0.373 e. The van der Waals surface area contributed by atoms with Gasteiger partial charge in [-0.05, 0) is 31.6 Å². The fraction of sp³-hybridized carbons (Fsp3) is 0.786. The van der Waals surface area contributed by atoms with Crippen LogP contribution in [0.3, 0.4) is 0 Å². The van der Waals surface area contributed by atoms with E-state index in [0.717, 1.165) is 36.9 Å². The third-order valence-electron chi connectivity index (χ3n) is 3.07. The zero-order valence-electron chi connectivity index (χ0n) is 11.4. The van der Waals surface area contributed by atoms with Gasteiger partial charge in [0.15, 0.2) is 5.76 Å². The molecular weight excluding hydrogens is 228 g/mol. The van der Waals surface area contributed by atoms with Crippen molar-refractivity contribution in [1.29, 1.82) is 0 Å². The first kappa shape index (κ1) is 13.6. The van der Waals surface area contributed by atoms with Crippen LogP contribution >= 0.6 is 0 Å². The van der Waals surface area contributed by atoms with Crippen molar-refractivity contribution >= 4 is 0 Å². The van der Waals surface area contributed by atoms with Crippen molar-refractivity contribution in [3.8, 4) is 0 Å². The van der Waals surface area contributed by atoms with Gasteiger partial charge in [-0.25, -0.2) is 0 Å². The second kappa shape index (κ2) is 6.90. The minimum absolute atomic E-state index is 0.536. The molecule has 1 aliphatic carbocycles. The Kier molecular flexibility index (Phi) is 5.20. The molecular formula is C14H24N2O2. The third kappa shape index (κ3) is 5.19. The fourth-order valence-electron chi connectivity index (χ4n) is 1.81. The number of nitrogens with one attached hydrogen (secondary N) is 1. The van der Waals surface area contributed by atoms with Gasteiger partial charge >= 0.3 is 0 Å². The van der Waals surface area contributed by atoms with Crippen LogP contribution < -0.4 is 5.32 Å². The summed E-state index contributed by atoms with van der Waals surface area (Å²) in [4.78, 5) is 0. The normalized spacial score (nSPS) is 15.5. The predicted octanol–water partition coefficient (Wildman–Crippen LogP) is 2.88. The first-order chi connectivity index (χ1) is 8.74. The molecule has 0 amide bonds. The van der Waals surface area contributed by atoms with Crippen LogP contribution in [0.5, 0.6) is 0 Å². The summed E-state index contributed by atoms with van der Waals surface area (Å²) < 4.78 is 10.8. The van der Waals surface area contributed by atoms with Crippen molar-refractivity contribution in [3.63, 3.8) is 0 Å². The molecule has 0 aromatic carbocycles. The van der Waals surface area contributed by atoms with E-state index in [1.54, 1.807) is 0 Å². The van der Waals surface area contributed by atoms with Crippen LogP contribution in [0.15, 0.2) is 10.6 Å². The topological polar surface area (TPSA) is 47.3 Å². The molecule has 0 saturated heterocycles. The van der Waals surface area contributed by atoms with Crippen LogP contribution in [0.25, 0.3) is 0 Å². The molecule has 0 bridgehead atoms. The number of hydrogen-bond donors (Lipinski definition) is 1. The van der Waals surface area contributed by atoms with Crippen LogP contribution in [0.4, 0.5) is 0 Å². The van der Waals surface area contributed by atoms with E-state index < -0.39 is 0 Å². The molecule has 4 nitrogen and oxygen atoms in total. The van der Waals surface area contributed by atoms with Gasteiger partial charge in [0.05, 0.1) is 5.69 Å². The van der Waals surface area contributed by atoms with Gasteiger partial charge in [0.2, 0.25) is 0 Å². The molecule has 0 spiro atoms. The van der Waals surface area contributed by atoms with E-state index in [-0.39, 0.29) is 0 Å². The first-order valence-electron chi connectivity index (χ1n) is 6.99.